The van der Waals surface area contributed by atoms with Gasteiger partial charge in [0, 0.05) is 23.7 Å². The van der Waals surface area contributed by atoms with E-state index in [0.29, 0.717) is 16.9 Å². The summed E-state index contributed by atoms with van der Waals surface area (Å²) in [4.78, 5) is 3.65. The highest BCUT2D eigenvalue weighted by Gasteiger charge is 2.32. The number of hydrogen-bond acceptors (Lipinski definition) is 3. The van der Waals surface area contributed by atoms with Crippen LogP contribution in [0.5, 0.6) is 0 Å². The lowest BCUT2D eigenvalue weighted by molar-refractivity contribution is -0.140. The van der Waals surface area contributed by atoms with Crippen molar-refractivity contribution in [2.75, 3.05) is 18.4 Å². The van der Waals surface area contributed by atoms with Crippen LogP contribution >= 0.6 is 12.4 Å². The molecule has 114 valence electrons. The third kappa shape index (κ3) is 3.57. The van der Waals surface area contributed by atoms with Crippen LogP contribution in [0.15, 0.2) is 30.3 Å². The molecule has 0 bridgehead atoms. The summed E-state index contributed by atoms with van der Waals surface area (Å²) in [6.07, 6.45) is -3.36. The lowest BCUT2D eigenvalue weighted by Gasteiger charge is -2.13. The van der Waals surface area contributed by atoms with Gasteiger partial charge in [0.05, 0.1) is 5.52 Å². The quantitative estimate of drug-likeness (QED) is 0.891. The molecule has 1 saturated heterocycles. The average molecular weight is 318 g/mol. The Kier molecular flexibility index (Phi) is 4.58. The predicted molar refractivity (Wildman–Crippen MR) is 78.9 cm³/mol. The summed E-state index contributed by atoms with van der Waals surface area (Å²) in [6, 6.07) is 8.07. The minimum Gasteiger partial charge on any atom is -0.381 e. The first-order valence-corrected chi connectivity index (χ1v) is 6.48. The molecule has 0 amide bonds. The van der Waals surface area contributed by atoms with Crippen molar-refractivity contribution >= 4 is 29.0 Å². The smallest absolute Gasteiger partial charge is 0.381 e. The van der Waals surface area contributed by atoms with Gasteiger partial charge in [-0.1, -0.05) is 6.07 Å². The first-order valence-electron chi connectivity index (χ1n) is 6.48. The van der Waals surface area contributed by atoms with Gasteiger partial charge in [-0.05, 0) is 37.2 Å². The molecule has 1 fully saturated rings. The number of hydrogen-bond donors (Lipinski definition) is 2. The van der Waals surface area contributed by atoms with Crippen molar-refractivity contribution in [1.29, 1.82) is 0 Å². The van der Waals surface area contributed by atoms with Gasteiger partial charge < -0.3 is 10.6 Å². The van der Waals surface area contributed by atoms with Gasteiger partial charge in [0.2, 0.25) is 0 Å². The average Bonchev–Trinajstić information content (AvgIpc) is 2.90. The van der Waals surface area contributed by atoms with Gasteiger partial charge >= 0.3 is 6.18 Å². The number of fused-ring (bicyclic) bond motifs is 1. The molecule has 0 saturated carbocycles. The van der Waals surface area contributed by atoms with E-state index in [2.05, 4.69) is 15.6 Å². The maximum absolute atomic E-state index is 12.6. The number of nitrogens with zero attached hydrogens (tertiary/aromatic N) is 1. The number of halogens is 4. The molecule has 2 aromatic rings. The number of alkyl halides is 3. The largest absolute Gasteiger partial charge is 0.433 e. The molecule has 0 spiro atoms. The summed E-state index contributed by atoms with van der Waals surface area (Å²) in [6.45, 7) is 1.89. The zero-order valence-corrected chi connectivity index (χ0v) is 11.9. The van der Waals surface area contributed by atoms with Gasteiger partial charge in [-0.3, -0.25) is 0 Å². The minimum absolute atomic E-state index is 0. The van der Waals surface area contributed by atoms with Gasteiger partial charge in [0.15, 0.2) is 0 Å². The van der Waals surface area contributed by atoms with Crippen LogP contribution in [0, 0.1) is 0 Å². The van der Waals surface area contributed by atoms with Crippen molar-refractivity contribution in [3.8, 4) is 0 Å². The van der Waals surface area contributed by atoms with E-state index in [1.807, 2.05) is 6.07 Å². The SMILES string of the molecule is Cl.FC(F)(F)c1ccc2cc(N[C@@H]3CCNC3)ccc2n1. The van der Waals surface area contributed by atoms with E-state index in [0.717, 1.165) is 31.3 Å². The normalized spacial score (nSPS) is 18.5. The van der Waals surface area contributed by atoms with Crippen LogP contribution in [0.1, 0.15) is 12.1 Å². The molecule has 1 atom stereocenters. The molecule has 1 aromatic carbocycles. The second kappa shape index (κ2) is 6.07. The van der Waals surface area contributed by atoms with Gasteiger partial charge in [0.25, 0.3) is 0 Å². The topological polar surface area (TPSA) is 37.0 Å². The number of benzene rings is 1. The zero-order chi connectivity index (χ0) is 14.2. The Hall–Kier alpha value is -1.53. The molecule has 1 aliphatic rings. The molecule has 0 radical (unpaired) electrons. The Morgan fingerprint density at radius 3 is 2.67 bits per heavy atom. The third-order valence-corrected chi connectivity index (χ3v) is 3.41. The van der Waals surface area contributed by atoms with E-state index in [1.165, 1.54) is 6.07 Å². The van der Waals surface area contributed by atoms with Crippen LogP contribution in [0.2, 0.25) is 0 Å². The summed E-state index contributed by atoms with van der Waals surface area (Å²) in [5.74, 6) is 0. The number of nitrogens with one attached hydrogen (secondary N) is 2. The van der Waals surface area contributed by atoms with E-state index in [1.54, 1.807) is 12.1 Å². The molecule has 0 unspecified atom stereocenters. The lowest BCUT2D eigenvalue weighted by Crippen LogP contribution is -2.21. The predicted octanol–water partition coefficient (Wildman–Crippen LogP) is 3.45. The fourth-order valence-corrected chi connectivity index (χ4v) is 2.39. The Labute approximate surface area is 126 Å². The number of anilines is 1. The molecule has 2 heterocycles. The zero-order valence-electron chi connectivity index (χ0n) is 11.1. The van der Waals surface area contributed by atoms with E-state index in [9.17, 15) is 13.2 Å². The molecule has 2 N–H and O–H groups in total. The highest BCUT2D eigenvalue weighted by atomic mass is 35.5. The van der Waals surface area contributed by atoms with Crippen LogP contribution in [0.4, 0.5) is 18.9 Å². The summed E-state index contributed by atoms with van der Waals surface area (Å²) in [5, 5.41) is 7.32. The standard InChI is InChI=1S/C14H14F3N3.ClH/c15-14(16,17)13-4-1-9-7-10(2-3-12(9)20-13)19-11-5-6-18-8-11;/h1-4,7,11,18-19H,5-6,8H2;1H/t11-;/m1./s1. The number of pyridine rings is 1. The Morgan fingerprint density at radius 2 is 2.00 bits per heavy atom. The molecule has 3 nitrogen and oxygen atoms in total. The molecule has 3 rings (SSSR count). The monoisotopic (exact) mass is 317 g/mol. The van der Waals surface area contributed by atoms with Gasteiger partial charge in [-0.25, -0.2) is 4.98 Å². The molecule has 1 aromatic heterocycles. The highest BCUT2D eigenvalue weighted by Crippen LogP contribution is 2.29. The van der Waals surface area contributed by atoms with Crippen LogP contribution in [-0.2, 0) is 6.18 Å². The second-order valence-corrected chi connectivity index (χ2v) is 4.94. The van der Waals surface area contributed by atoms with Crippen molar-refractivity contribution in [3.63, 3.8) is 0 Å². The molecule has 21 heavy (non-hydrogen) atoms. The van der Waals surface area contributed by atoms with Crippen LogP contribution in [0.3, 0.4) is 0 Å². The number of aromatic nitrogens is 1. The van der Waals surface area contributed by atoms with E-state index < -0.39 is 11.9 Å². The van der Waals surface area contributed by atoms with E-state index >= 15 is 0 Å². The molecule has 1 aliphatic heterocycles. The van der Waals surface area contributed by atoms with Gasteiger partial charge in [0.1, 0.15) is 5.69 Å². The first-order chi connectivity index (χ1) is 9.52. The van der Waals surface area contributed by atoms with Crippen molar-refractivity contribution in [1.82, 2.24) is 10.3 Å². The molecule has 0 aliphatic carbocycles. The second-order valence-electron chi connectivity index (χ2n) is 4.94. The van der Waals surface area contributed by atoms with Gasteiger partial charge in [-0.15, -0.1) is 12.4 Å². The van der Waals surface area contributed by atoms with Crippen LogP contribution < -0.4 is 10.6 Å². The Morgan fingerprint density at radius 1 is 1.19 bits per heavy atom. The van der Waals surface area contributed by atoms with E-state index in [-0.39, 0.29) is 12.4 Å². The highest BCUT2D eigenvalue weighted by molar-refractivity contribution is 5.85. The first kappa shape index (κ1) is 15.9. The summed E-state index contributed by atoms with van der Waals surface area (Å²) in [5.41, 5.74) is 0.411. The minimum atomic E-state index is -4.40. The van der Waals surface area contributed by atoms with Crippen molar-refractivity contribution in [2.24, 2.45) is 0 Å². The molecular weight excluding hydrogens is 303 g/mol. The van der Waals surface area contributed by atoms with Crippen molar-refractivity contribution in [2.45, 2.75) is 18.6 Å². The van der Waals surface area contributed by atoms with Crippen LogP contribution in [-0.4, -0.2) is 24.1 Å². The summed E-state index contributed by atoms with van der Waals surface area (Å²) >= 11 is 0. The Bertz CT molecular complexity index is 624. The fraction of sp³-hybridized carbons (Fsp3) is 0.357. The third-order valence-electron chi connectivity index (χ3n) is 3.41. The lowest BCUT2D eigenvalue weighted by atomic mass is 10.1. The summed E-state index contributed by atoms with van der Waals surface area (Å²) in [7, 11) is 0. The molecular formula is C14H15ClF3N3. The molecule has 7 heteroatoms. The van der Waals surface area contributed by atoms with Crippen molar-refractivity contribution < 1.29 is 13.2 Å². The maximum Gasteiger partial charge on any atom is 0.433 e. The van der Waals surface area contributed by atoms with Crippen LogP contribution in [0.25, 0.3) is 10.9 Å². The van der Waals surface area contributed by atoms with Crippen molar-refractivity contribution in [3.05, 3.63) is 36.0 Å². The Balaban J connectivity index is 0.00000161. The van der Waals surface area contributed by atoms with E-state index in [4.69, 9.17) is 0 Å². The maximum atomic E-state index is 12.6. The fourth-order valence-electron chi connectivity index (χ4n) is 2.39. The number of rotatable bonds is 2. The van der Waals surface area contributed by atoms with Gasteiger partial charge in [-0.2, -0.15) is 13.2 Å². The summed E-state index contributed by atoms with van der Waals surface area (Å²) < 4.78 is 37.8.